The van der Waals surface area contributed by atoms with Crippen molar-refractivity contribution in [2.45, 2.75) is 284 Å². The Labute approximate surface area is 402 Å². The molecule has 0 bridgehead atoms. The van der Waals surface area contributed by atoms with E-state index in [1.165, 1.54) is 135 Å². The molecule has 0 saturated carbocycles. The van der Waals surface area contributed by atoms with Gasteiger partial charge in [0, 0.05) is 19.3 Å². The number of unbranched alkanes of at least 4 members (excludes halogenated alkanes) is 29. The van der Waals surface area contributed by atoms with Crippen molar-refractivity contribution in [1.29, 1.82) is 0 Å². The smallest absolute Gasteiger partial charge is 0.306 e. The van der Waals surface area contributed by atoms with Crippen LogP contribution < -0.4 is 0 Å². The Morgan fingerprint density at radius 3 is 0.969 bits per heavy atom. The van der Waals surface area contributed by atoms with Crippen molar-refractivity contribution in [2.24, 2.45) is 0 Å². The second-order valence-electron chi connectivity index (χ2n) is 18.5. The largest absolute Gasteiger partial charge is 0.462 e. The van der Waals surface area contributed by atoms with Gasteiger partial charge in [-0.3, -0.25) is 14.4 Å². The minimum absolute atomic E-state index is 0.0803. The van der Waals surface area contributed by atoms with Crippen LogP contribution in [0.5, 0.6) is 0 Å². The highest BCUT2D eigenvalue weighted by Crippen LogP contribution is 2.16. The quantitative estimate of drug-likeness (QED) is 0.0262. The second-order valence-corrected chi connectivity index (χ2v) is 18.5. The van der Waals surface area contributed by atoms with Gasteiger partial charge in [-0.25, -0.2) is 0 Å². The first kappa shape index (κ1) is 62.1. The topological polar surface area (TPSA) is 78.9 Å². The Hall–Kier alpha value is -2.89. The van der Waals surface area contributed by atoms with Crippen molar-refractivity contribution in [3.05, 3.63) is 60.8 Å². The maximum Gasteiger partial charge on any atom is 0.306 e. The maximum atomic E-state index is 12.8. The molecule has 0 aliphatic rings. The third kappa shape index (κ3) is 51.9. The number of carbonyl (C=O) groups excluding carboxylic acids is 3. The molecule has 0 spiro atoms. The molecule has 0 N–H and O–H groups in total. The van der Waals surface area contributed by atoms with E-state index in [9.17, 15) is 14.4 Å². The van der Waals surface area contributed by atoms with Gasteiger partial charge in [-0.05, 0) is 83.5 Å². The molecule has 0 aromatic rings. The standard InChI is InChI=1S/C59H104O6/c1-4-7-10-13-16-19-22-25-27-28-29-30-32-34-37-40-43-46-49-52-58(61)64-55-56(54-63-57(60)51-48-45-42-39-36-33-24-21-18-15-12-9-6-3)65-59(62)53-50-47-44-41-38-35-31-26-23-20-17-14-11-8-5-2/h8,11,16-17,19-20,25-27,31,56H,4-7,9-10,12-15,18,21-24,28-30,32-55H2,1-3H3/b11-8+,19-16+,20-17+,27-25+,31-26+/t56-/m1/s1. The van der Waals surface area contributed by atoms with E-state index in [4.69, 9.17) is 14.2 Å². The predicted molar refractivity (Wildman–Crippen MR) is 279 cm³/mol. The lowest BCUT2D eigenvalue weighted by Gasteiger charge is -2.18. The highest BCUT2D eigenvalue weighted by molar-refractivity contribution is 5.71. The van der Waals surface area contributed by atoms with E-state index in [-0.39, 0.29) is 31.1 Å². The first-order valence-electron chi connectivity index (χ1n) is 27.8. The van der Waals surface area contributed by atoms with Gasteiger partial charge >= 0.3 is 17.9 Å². The van der Waals surface area contributed by atoms with Gasteiger partial charge in [-0.15, -0.1) is 0 Å². The van der Waals surface area contributed by atoms with Crippen LogP contribution in [-0.2, 0) is 28.6 Å². The average molecular weight is 909 g/mol. The third-order valence-electron chi connectivity index (χ3n) is 12.0. The van der Waals surface area contributed by atoms with Gasteiger partial charge < -0.3 is 14.2 Å². The molecule has 0 heterocycles. The second kappa shape index (κ2) is 53.7. The fraction of sp³-hybridized carbons (Fsp3) is 0.780. The summed E-state index contributed by atoms with van der Waals surface area (Å²) in [5.74, 6) is -0.892. The van der Waals surface area contributed by atoms with Crippen molar-refractivity contribution >= 4 is 17.9 Å². The molecule has 0 amide bonds. The summed E-state index contributed by atoms with van der Waals surface area (Å²) in [6, 6.07) is 0. The van der Waals surface area contributed by atoms with E-state index in [1.54, 1.807) is 0 Å². The van der Waals surface area contributed by atoms with Gasteiger partial charge in [0.2, 0.25) is 0 Å². The molecular weight excluding hydrogens is 805 g/mol. The van der Waals surface area contributed by atoms with E-state index in [0.717, 1.165) is 103 Å². The van der Waals surface area contributed by atoms with Gasteiger partial charge in [0.25, 0.3) is 0 Å². The SMILES string of the molecule is CC/C=C/C/C=C/C/C=C/CCCCCCCC(=O)O[C@@H](COC(=O)CCCCCCCCCCC/C=C/C/C=C/CCCCC)COC(=O)CCCCCCCCCCCCCCC. The van der Waals surface area contributed by atoms with Crippen molar-refractivity contribution in [1.82, 2.24) is 0 Å². The summed E-state index contributed by atoms with van der Waals surface area (Å²) in [6.07, 6.45) is 66.3. The van der Waals surface area contributed by atoms with Crippen molar-refractivity contribution < 1.29 is 28.6 Å². The number of allylic oxidation sites excluding steroid dienone is 10. The lowest BCUT2D eigenvalue weighted by atomic mass is 10.0. The number of carbonyl (C=O) groups is 3. The van der Waals surface area contributed by atoms with E-state index in [2.05, 4.69) is 81.5 Å². The fourth-order valence-electron chi connectivity index (χ4n) is 7.84. The van der Waals surface area contributed by atoms with Crippen molar-refractivity contribution in [3.63, 3.8) is 0 Å². The van der Waals surface area contributed by atoms with E-state index >= 15 is 0 Å². The molecule has 0 aliphatic carbocycles. The molecule has 0 rings (SSSR count). The Morgan fingerprint density at radius 2 is 0.600 bits per heavy atom. The molecule has 65 heavy (non-hydrogen) atoms. The van der Waals surface area contributed by atoms with Gasteiger partial charge in [-0.1, -0.05) is 236 Å². The lowest BCUT2D eigenvalue weighted by molar-refractivity contribution is -0.167. The number of hydrogen-bond acceptors (Lipinski definition) is 6. The van der Waals surface area contributed by atoms with Gasteiger partial charge in [-0.2, -0.15) is 0 Å². The van der Waals surface area contributed by atoms with Crippen LogP contribution in [0.1, 0.15) is 278 Å². The van der Waals surface area contributed by atoms with Crippen LogP contribution >= 0.6 is 0 Å². The number of hydrogen-bond donors (Lipinski definition) is 0. The van der Waals surface area contributed by atoms with Crippen LogP contribution in [0.4, 0.5) is 0 Å². The summed E-state index contributed by atoms with van der Waals surface area (Å²) in [6.45, 7) is 6.50. The molecule has 0 aliphatic heterocycles. The molecule has 0 radical (unpaired) electrons. The Balaban J connectivity index is 4.37. The van der Waals surface area contributed by atoms with E-state index in [1.807, 2.05) is 0 Å². The summed E-state index contributed by atoms with van der Waals surface area (Å²) in [4.78, 5) is 38.1. The minimum Gasteiger partial charge on any atom is -0.462 e. The molecule has 0 aromatic carbocycles. The summed E-state index contributed by atoms with van der Waals surface area (Å²) < 4.78 is 16.8. The van der Waals surface area contributed by atoms with Crippen LogP contribution in [0.3, 0.4) is 0 Å². The van der Waals surface area contributed by atoms with Crippen LogP contribution in [0.25, 0.3) is 0 Å². The zero-order chi connectivity index (χ0) is 47.2. The molecule has 376 valence electrons. The number of esters is 3. The van der Waals surface area contributed by atoms with Gasteiger partial charge in [0.05, 0.1) is 0 Å². The first-order chi connectivity index (χ1) is 32.0. The Morgan fingerprint density at radius 1 is 0.323 bits per heavy atom. The summed E-state index contributed by atoms with van der Waals surface area (Å²) in [5, 5.41) is 0. The highest BCUT2D eigenvalue weighted by atomic mass is 16.6. The molecule has 0 saturated heterocycles. The van der Waals surface area contributed by atoms with Crippen molar-refractivity contribution in [2.75, 3.05) is 13.2 Å². The molecular formula is C59H104O6. The van der Waals surface area contributed by atoms with Gasteiger partial charge in [0.1, 0.15) is 13.2 Å². The zero-order valence-electron chi connectivity index (χ0n) is 43.0. The zero-order valence-corrected chi connectivity index (χ0v) is 43.0. The van der Waals surface area contributed by atoms with Crippen molar-refractivity contribution in [3.8, 4) is 0 Å². The summed E-state index contributed by atoms with van der Waals surface area (Å²) >= 11 is 0. The van der Waals surface area contributed by atoms with E-state index in [0.29, 0.717) is 19.3 Å². The third-order valence-corrected chi connectivity index (χ3v) is 12.0. The Bertz CT molecular complexity index is 1180. The average Bonchev–Trinajstić information content (AvgIpc) is 3.30. The fourth-order valence-corrected chi connectivity index (χ4v) is 7.84. The molecule has 6 heteroatoms. The van der Waals surface area contributed by atoms with E-state index < -0.39 is 6.10 Å². The molecule has 6 nitrogen and oxygen atoms in total. The molecule has 0 fully saturated rings. The minimum atomic E-state index is -0.783. The van der Waals surface area contributed by atoms with Crippen LogP contribution in [0, 0.1) is 0 Å². The number of ether oxygens (including phenoxy) is 3. The summed E-state index contributed by atoms with van der Waals surface area (Å²) in [7, 11) is 0. The molecule has 0 unspecified atom stereocenters. The monoisotopic (exact) mass is 909 g/mol. The molecule has 0 aromatic heterocycles. The van der Waals surface area contributed by atoms with Crippen LogP contribution in [0.15, 0.2) is 60.8 Å². The van der Waals surface area contributed by atoms with Crippen LogP contribution in [0.2, 0.25) is 0 Å². The lowest BCUT2D eigenvalue weighted by Crippen LogP contribution is -2.30. The normalized spacial score (nSPS) is 12.5. The Kier molecular flexibility index (Phi) is 51.3. The van der Waals surface area contributed by atoms with Crippen LogP contribution in [-0.4, -0.2) is 37.2 Å². The summed E-state index contributed by atoms with van der Waals surface area (Å²) in [5.41, 5.74) is 0. The maximum absolute atomic E-state index is 12.8. The predicted octanol–water partition coefficient (Wildman–Crippen LogP) is 18.4. The molecule has 1 atom stereocenters. The van der Waals surface area contributed by atoms with Gasteiger partial charge in [0.15, 0.2) is 6.10 Å². The highest BCUT2D eigenvalue weighted by Gasteiger charge is 2.19. The number of rotatable bonds is 50. The first-order valence-corrected chi connectivity index (χ1v) is 27.8.